The van der Waals surface area contributed by atoms with Crippen LogP contribution in [-0.4, -0.2) is 66.1 Å². The minimum atomic E-state index is -2.93. The van der Waals surface area contributed by atoms with Crippen LogP contribution in [0.3, 0.4) is 0 Å². The van der Waals surface area contributed by atoms with E-state index < -0.39 is 48.5 Å². The van der Waals surface area contributed by atoms with Crippen LogP contribution in [-0.2, 0) is 11.2 Å². The number of amides is 1. The van der Waals surface area contributed by atoms with Crippen molar-refractivity contribution in [2.24, 2.45) is 11.8 Å². The Balaban J connectivity index is 1.20. The fraction of sp³-hybridized carbons (Fsp3) is 0.607. The lowest BCUT2D eigenvalue weighted by Gasteiger charge is -2.38. The average Bonchev–Trinajstić information content (AvgIpc) is 2.89. The summed E-state index contributed by atoms with van der Waals surface area (Å²) < 4.78 is 66.0. The zero-order valence-electron chi connectivity index (χ0n) is 22.5. The van der Waals surface area contributed by atoms with Crippen LogP contribution >= 0.6 is 0 Å². The summed E-state index contributed by atoms with van der Waals surface area (Å²) in [6.45, 7) is 5.28. The summed E-state index contributed by atoms with van der Waals surface area (Å²) in [5, 5.41) is 0. The molecule has 0 saturated carbocycles. The van der Waals surface area contributed by atoms with E-state index in [9.17, 15) is 22.4 Å². The summed E-state index contributed by atoms with van der Waals surface area (Å²) in [6, 6.07) is 2.10. The van der Waals surface area contributed by atoms with Gasteiger partial charge in [-0.15, -0.1) is 0 Å². The monoisotopic (exact) mass is 552 g/mol. The lowest BCUT2D eigenvalue weighted by atomic mass is 9.85. The van der Waals surface area contributed by atoms with E-state index in [2.05, 4.69) is 21.8 Å². The highest BCUT2D eigenvalue weighted by atomic mass is 19.3. The van der Waals surface area contributed by atoms with Gasteiger partial charge in [0.1, 0.15) is 17.4 Å². The van der Waals surface area contributed by atoms with Crippen LogP contribution < -0.4 is 14.4 Å². The second-order valence-corrected chi connectivity index (χ2v) is 10.4. The third-order valence-electron chi connectivity index (χ3n) is 7.50. The minimum absolute atomic E-state index is 0.0511. The number of likely N-dealkylation sites (tertiary alicyclic amines) is 1. The SMILES string of the molecule is CCOc1cnc(N2CCC(CC(CC)CCOc3cc(F)c(CC(=O)N4CC(F)(F)C4)c(F)c3)CC2)nc1. The van der Waals surface area contributed by atoms with Crippen LogP contribution in [0.1, 0.15) is 51.5 Å². The Morgan fingerprint density at radius 3 is 2.26 bits per heavy atom. The maximum absolute atomic E-state index is 14.5. The fourth-order valence-electron chi connectivity index (χ4n) is 5.17. The number of alkyl halides is 2. The quantitative estimate of drug-likeness (QED) is 0.334. The van der Waals surface area contributed by atoms with E-state index in [1.165, 1.54) is 0 Å². The number of anilines is 1. The molecule has 0 aliphatic carbocycles. The Morgan fingerprint density at radius 1 is 1.05 bits per heavy atom. The summed E-state index contributed by atoms with van der Waals surface area (Å²) in [4.78, 5) is 24.0. The molecule has 1 atom stereocenters. The normalized spacial score (nSPS) is 18.0. The van der Waals surface area contributed by atoms with E-state index in [4.69, 9.17) is 9.47 Å². The fourth-order valence-corrected chi connectivity index (χ4v) is 5.17. The van der Waals surface area contributed by atoms with Crippen LogP contribution in [0, 0.1) is 23.5 Å². The smallest absolute Gasteiger partial charge is 0.282 e. The van der Waals surface area contributed by atoms with E-state index in [-0.39, 0.29) is 5.75 Å². The van der Waals surface area contributed by atoms with Gasteiger partial charge in [-0.25, -0.2) is 27.5 Å². The Labute approximate surface area is 226 Å². The Bertz CT molecular complexity index is 1080. The molecule has 1 aromatic heterocycles. The van der Waals surface area contributed by atoms with Gasteiger partial charge in [0.25, 0.3) is 5.92 Å². The third-order valence-corrected chi connectivity index (χ3v) is 7.50. The van der Waals surface area contributed by atoms with Gasteiger partial charge < -0.3 is 19.3 Å². The predicted octanol–water partition coefficient (Wildman–Crippen LogP) is 5.28. The number of aromatic nitrogens is 2. The number of carbonyl (C=O) groups excluding carboxylic acids is 1. The van der Waals surface area contributed by atoms with Gasteiger partial charge in [0.2, 0.25) is 11.9 Å². The van der Waals surface area contributed by atoms with Crippen LogP contribution in [0.5, 0.6) is 11.5 Å². The number of nitrogens with zero attached hydrogens (tertiary/aromatic N) is 4. The topological polar surface area (TPSA) is 67.8 Å². The molecule has 4 rings (SSSR count). The molecule has 2 fully saturated rings. The van der Waals surface area contributed by atoms with Crippen LogP contribution in [0.25, 0.3) is 0 Å². The Hall–Kier alpha value is -3.11. The Morgan fingerprint density at radius 2 is 1.69 bits per heavy atom. The minimum Gasteiger partial charge on any atom is -0.493 e. The first-order chi connectivity index (χ1) is 18.7. The first kappa shape index (κ1) is 28.9. The molecule has 0 spiro atoms. The van der Waals surface area contributed by atoms with Crippen molar-refractivity contribution < 1.29 is 31.8 Å². The molecule has 1 aromatic carbocycles. The van der Waals surface area contributed by atoms with Crippen molar-refractivity contribution in [3.05, 3.63) is 41.7 Å². The molecule has 39 heavy (non-hydrogen) atoms. The molecule has 2 aromatic rings. The predicted molar refractivity (Wildman–Crippen MR) is 138 cm³/mol. The van der Waals surface area contributed by atoms with Gasteiger partial charge in [0, 0.05) is 30.8 Å². The number of ether oxygens (including phenoxy) is 2. The highest BCUT2D eigenvalue weighted by Gasteiger charge is 2.46. The van der Waals surface area contributed by atoms with Crippen molar-refractivity contribution in [3.8, 4) is 11.5 Å². The number of halogens is 4. The second kappa shape index (κ2) is 12.8. The zero-order valence-corrected chi connectivity index (χ0v) is 22.5. The first-order valence-electron chi connectivity index (χ1n) is 13.6. The molecule has 3 heterocycles. The van der Waals surface area contributed by atoms with Crippen LogP contribution in [0.2, 0.25) is 0 Å². The van der Waals surface area contributed by atoms with Crippen molar-refractivity contribution >= 4 is 11.9 Å². The molecule has 7 nitrogen and oxygen atoms in total. The van der Waals surface area contributed by atoms with Crippen molar-refractivity contribution in [2.75, 3.05) is 44.3 Å². The summed E-state index contributed by atoms with van der Waals surface area (Å²) in [5.74, 6) is -3.05. The van der Waals surface area contributed by atoms with Gasteiger partial charge in [-0.05, 0) is 44.4 Å². The van der Waals surface area contributed by atoms with E-state index in [1.807, 2.05) is 6.92 Å². The molecular formula is C28H36F4N4O3. The van der Waals surface area contributed by atoms with Crippen LogP contribution in [0.4, 0.5) is 23.5 Å². The molecule has 0 N–H and O–H groups in total. The van der Waals surface area contributed by atoms with E-state index in [0.29, 0.717) is 36.7 Å². The van der Waals surface area contributed by atoms with Gasteiger partial charge in [0.15, 0.2) is 5.75 Å². The maximum Gasteiger partial charge on any atom is 0.282 e. The number of piperidine rings is 1. The summed E-state index contributed by atoms with van der Waals surface area (Å²) in [7, 11) is 0. The van der Waals surface area contributed by atoms with Gasteiger partial charge >= 0.3 is 0 Å². The molecule has 11 heteroatoms. The second-order valence-electron chi connectivity index (χ2n) is 10.4. The Kier molecular flexibility index (Phi) is 9.50. The van der Waals surface area contributed by atoms with Gasteiger partial charge in [-0.3, -0.25) is 4.79 Å². The van der Waals surface area contributed by atoms with E-state index in [0.717, 1.165) is 62.2 Å². The molecule has 1 unspecified atom stereocenters. The molecular weight excluding hydrogens is 516 g/mol. The number of carbonyl (C=O) groups is 1. The van der Waals surface area contributed by atoms with Crippen molar-refractivity contribution in [2.45, 2.75) is 58.3 Å². The van der Waals surface area contributed by atoms with E-state index >= 15 is 0 Å². The number of hydrogen-bond donors (Lipinski definition) is 0. The standard InChI is InChI=1S/C28H36F4N4O3/c1-3-19(11-20-5-8-35(9-6-20)27-33-15-22(16-34-27)38-4-2)7-10-39-21-12-24(29)23(25(30)13-21)14-26(37)36-17-28(31,32)18-36/h12-13,15-16,19-20H,3-11,14,17-18H2,1-2H3. The molecule has 0 radical (unpaired) electrons. The number of hydrogen-bond acceptors (Lipinski definition) is 6. The van der Waals surface area contributed by atoms with Crippen molar-refractivity contribution in [1.29, 1.82) is 0 Å². The largest absolute Gasteiger partial charge is 0.493 e. The molecule has 1 amide bonds. The summed E-state index contributed by atoms with van der Waals surface area (Å²) in [6.07, 6.45) is 7.67. The van der Waals surface area contributed by atoms with Crippen molar-refractivity contribution in [1.82, 2.24) is 14.9 Å². The van der Waals surface area contributed by atoms with Gasteiger partial charge in [-0.1, -0.05) is 13.3 Å². The number of rotatable bonds is 12. The number of benzene rings is 1. The highest BCUT2D eigenvalue weighted by molar-refractivity contribution is 5.80. The molecule has 0 bridgehead atoms. The van der Waals surface area contributed by atoms with Gasteiger partial charge in [-0.2, -0.15) is 0 Å². The molecule has 2 aliphatic rings. The first-order valence-corrected chi connectivity index (χ1v) is 13.6. The van der Waals surface area contributed by atoms with E-state index in [1.54, 1.807) is 12.4 Å². The molecule has 2 aliphatic heterocycles. The molecule has 214 valence electrons. The lowest BCUT2D eigenvalue weighted by molar-refractivity contribution is -0.165. The van der Waals surface area contributed by atoms with Crippen LogP contribution in [0.15, 0.2) is 24.5 Å². The average molecular weight is 553 g/mol. The highest BCUT2D eigenvalue weighted by Crippen LogP contribution is 2.30. The zero-order chi connectivity index (χ0) is 28.0. The summed E-state index contributed by atoms with van der Waals surface area (Å²) in [5.41, 5.74) is -0.434. The van der Waals surface area contributed by atoms with Gasteiger partial charge in [0.05, 0.1) is 45.1 Å². The maximum atomic E-state index is 14.5. The summed E-state index contributed by atoms with van der Waals surface area (Å²) >= 11 is 0. The lowest BCUT2D eigenvalue weighted by Crippen LogP contribution is -2.58. The molecule has 2 saturated heterocycles. The third kappa shape index (κ3) is 7.73. The van der Waals surface area contributed by atoms with Crippen molar-refractivity contribution in [3.63, 3.8) is 0 Å².